The Bertz CT molecular complexity index is 585. The van der Waals surface area contributed by atoms with Gasteiger partial charge in [0, 0.05) is 18.3 Å². The number of benzene rings is 1. The Balaban J connectivity index is 2.31. The molecular weight excluding hydrogens is 248 g/mol. The summed E-state index contributed by atoms with van der Waals surface area (Å²) in [6, 6.07) is 8.26. The fourth-order valence-corrected chi connectivity index (χ4v) is 1.71. The van der Waals surface area contributed by atoms with Crippen LogP contribution in [0.4, 0.5) is 26.1 Å². The van der Waals surface area contributed by atoms with Gasteiger partial charge in [-0.2, -0.15) is 0 Å². The van der Waals surface area contributed by atoms with E-state index in [2.05, 4.69) is 15.6 Å². The first-order valence-electron chi connectivity index (χ1n) is 6.03. The number of hydrogen-bond acceptors (Lipinski definition) is 3. The molecule has 3 nitrogen and oxygen atoms in total. The minimum atomic E-state index is -0.722. The smallest absolute Gasteiger partial charge is 0.169 e. The number of nitrogens with zero attached hydrogens (tertiary/aromatic N) is 1. The average molecular weight is 263 g/mol. The molecule has 0 saturated heterocycles. The summed E-state index contributed by atoms with van der Waals surface area (Å²) in [5.41, 5.74) is 1.75. The van der Waals surface area contributed by atoms with E-state index in [1.165, 1.54) is 0 Å². The minimum absolute atomic E-state index is 0.00273. The highest BCUT2D eigenvalue weighted by Gasteiger charge is 2.11. The van der Waals surface area contributed by atoms with Gasteiger partial charge in [-0.05, 0) is 31.5 Å². The number of rotatable bonds is 4. The summed E-state index contributed by atoms with van der Waals surface area (Å²) in [5, 5.41) is 5.59. The second kappa shape index (κ2) is 5.65. The highest BCUT2D eigenvalue weighted by molar-refractivity contribution is 5.59. The molecule has 1 aromatic heterocycles. The third-order valence-corrected chi connectivity index (χ3v) is 2.55. The fraction of sp³-hybridized carbons (Fsp3) is 0.214. The molecule has 0 amide bonds. The van der Waals surface area contributed by atoms with E-state index >= 15 is 0 Å². The molecular formula is C14H15F2N3. The van der Waals surface area contributed by atoms with Crippen LogP contribution in [-0.4, -0.2) is 11.5 Å². The van der Waals surface area contributed by atoms with Crippen molar-refractivity contribution >= 4 is 17.3 Å². The molecule has 0 aliphatic rings. The number of halogens is 2. The molecule has 0 fully saturated rings. The van der Waals surface area contributed by atoms with Crippen LogP contribution in [0.2, 0.25) is 0 Å². The molecule has 0 unspecified atom stereocenters. The number of pyridine rings is 1. The van der Waals surface area contributed by atoms with Crippen molar-refractivity contribution in [2.45, 2.75) is 13.8 Å². The topological polar surface area (TPSA) is 37.0 Å². The molecule has 2 rings (SSSR count). The van der Waals surface area contributed by atoms with Crippen LogP contribution in [0, 0.1) is 18.6 Å². The van der Waals surface area contributed by atoms with E-state index in [1.54, 1.807) is 6.07 Å². The quantitative estimate of drug-likeness (QED) is 0.880. The van der Waals surface area contributed by atoms with Crippen LogP contribution in [0.15, 0.2) is 30.3 Å². The second-order valence-corrected chi connectivity index (χ2v) is 4.17. The molecule has 2 N–H and O–H groups in total. The summed E-state index contributed by atoms with van der Waals surface area (Å²) in [6.07, 6.45) is 0. The van der Waals surface area contributed by atoms with E-state index in [4.69, 9.17) is 0 Å². The predicted molar refractivity (Wildman–Crippen MR) is 72.8 cm³/mol. The Morgan fingerprint density at radius 2 is 1.84 bits per heavy atom. The lowest BCUT2D eigenvalue weighted by atomic mass is 10.2. The van der Waals surface area contributed by atoms with Crippen molar-refractivity contribution in [3.8, 4) is 0 Å². The fourth-order valence-electron chi connectivity index (χ4n) is 1.71. The van der Waals surface area contributed by atoms with Gasteiger partial charge in [0.15, 0.2) is 23.3 Å². The number of anilines is 3. The van der Waals surface area contributed by atoms with E-state index in [0.717, 1.165) is 11.6 Å². The molecule has 0 spiro atoms. The first kappa shape index (κ1) is 13.3. The first-order chi connectivity index (χ1) is 9.10. The molecule has 0 atom stereocenters. The standard InChI is InChI=1S/C14H15F2N3/c1-3-17-13-11(15)8-12(16)14(19-13)18-10-6-4-5-9(2)7-10/h4-8H,3H2,1-2H3,(H2,17,18,19). The van der Waals surface area contributed by atoms with Crippen molar-refractivity contribution < 1.29 is 8.78 Å². The van der Waals surface area contributed by atoms with Crippen molar-refractivity contribution in [1.82, 2.24) is 4.98 Å². The lowest BCUT2D eigenvalue weighted by Crippen LogP contribution is -2.06. The Hall–Kier alpha value is -2.17. The van der Waals surface area contributed by atoms with Crippen LogP contribution in [0.1, 0.15) is 12.5 Å². The lowest BCUT2D eigenvalue weighted by molar-refractivity contribution is 0.579. The average Bonchev–Trinajstić information content (AvgIpc) is 2.35. The van der Waals surface area contributed by atoms with Gasteiger partial charge in [-0.25, -0.2) is 13.8 Å². The summed E-state index contributed by atoms with van der Waals surface area (Å²) < 4.78 is 27.1. The van der Waals surface area contributed by atoms with Gasteiger partial charge in [0.1, 0.15) is 0 Å². The van der Waals surface area contributed by atoms with Gasteiger partial charge >= 0.3 is 0 Å². The van der Waals surface area contributed by atoms with Crippen molar-refractivity contribution in [3.05, 3.63) is 47.5 Å². The van der Waals surface area contributed by atoms with Gasteiger partial charge in [-0.15, -0.1) is 0 Å². The molecule has 19 heavy (non-hydrogen) atoms. The van der Waals surface area contributed by atoms with Crippen molar-refractivity contribution in [2.24, 2.45) is 0 Å². The van der Waals surface area contributed by atoms with E-state index < -0.39 is 11.6 Å². The number of aromatic nitrogens is 1. The molecule has 0 saturated carbocycles. The van der Waals surface area contributed by atoms with Crippen LogP contribution < -0.4 is 10.6 Å². The molecule has 0 bridgehead atoms. The largest absolute Gasteiger partial charge is 0.368 e. The van der Waals surface area contributed by atoms with E-state index in [1.807, 2.05) is 32.0 Å². The Morgan fingerprint density at radius 1 is 1.11 bits per heavy atom. The normalized spacial score (nSPS) is 10.3. The highest BCUT2D eigenvalue weighted by atomic mass is 19.1. The van der Waals surface area contributed by atoms with Gasteiger partial charge in [0.2, 0.25) is 0 Å². The number of nitrogens with one attached hydrogen (secondary N) is 2. The third-order valence-electron chi connectivity index (χ3n) is 2.55. The second-order valence-electron chi connectivity index (χ2n) is 4.17. The molecule has 2 aromatic rings. The predicted octanol–water partition coefficient (Wildman–Crippen LogP) is 3.84. The summed E-state index contributed by atoms with van der Waals surface area (Å²) in [5.74, 6) is -1.38. The molecule has 5 heteroatoms. The van der Waals surface area contributed by atoms with Crippen molar-refractivity contribution in [1.29, 1.82) is 0 Å². The zero-order chi connectivity index (χ0) is 13.8. The SMILES string of the molecule is CCNc1nc(Nc2cccc(C)c2)c(F)cc1F. The molecule has 0 aliphatic heterocycles. The molecule has 100 valence electrons. The van der Waals surface area contributed by atoms with E-state index in [9.17, 15) is 8.78 Å². The maximum absolute atomic E-state index is 13.7. The van der Waals surface area contributed by atoms with E-state index in [0.29, 0.717) is 12.2 Å². The molecule has 1 heterocycles. The van der Waals surface area contributed by atoms with Crippen LogP contribution in [0.3, 0.4) is 0 Å². The third kappa shape index (κ3) is 3.19. The van der Waals surface area contributed by atoms with Gasteiger partial charge in [-0.1, -0.05) is 12.1 Å². The lowest BCUT2D eigenvalue weighted by Gasteiger charge is -2.10. The Labute approximate surface area is 110 Å². The zero-order valence-electron chi connectivity index (χ0n) is 10.8. The van der Waals surface area contributed by atoms with Crippen molar-refractivity contribution in [3.63, 3.8) is 0 Å². The molecule has 0 radical (unpaired) electrons. The summed E-state index contributed by atoms with van der Waals surface area (Å²) in [7, 11) is 0. The molecule has 0 aliphatic carbocycles. The summed E-state index contributed by atoms with van der Waals surface area (Å²) >= 11 is 0. The van der Waals surface area contributed by atoms with Gasteiger partial charge in [-0.3, -0.25) is 0 Å². The zero-order valence-corrected chi connectivity index (χ0v) is 10.8. The monoisotopic (exact) mass is 263 g/mol. The van der Waals surface area contributed by atoms with Crippen LogP contribution in [0.5, 0.6) is 0 Å². The van der Waals surface area contributed by atoms with Gasteiger partial charge in [0.25, 0.3) is 0 Å². The van der Waals surface area contributed by atoms with Crippen molar-refractivity contribution in [2.75, 3.05) is 17.2 Å². The summed E-state index contributed by atoms with van der Waals surface area (Å²) in [6.45, 7) is 4.27. The maximum Gasteiger partial charge on any atom is 0.169 e. The van der Waals surface area contributed by atoms with Gasteiger partial charge < -0.3 is 10.6 Å². The van der Waals surface area contributed by atoms with Crippen LogP contribution in [0.25, 0.3) is 0 Å². The maximum atomic E-state index is 13.7. The summed E-state index contributed by atoms with van der Waals surface area (Å²) in [4.78, 5) is 3.91. The number of aryl methyl sites for hydroxylation is 1. The minimum Gasteiger partial charge on any atom is -0.368 e. The molecule has 1 aromatic carbocycles. The van der Waals surface area contributed by atoms with E-state index in [-0.39, 0.29) is 11.6 Å². The van der Waals surface area contributed by atoms with Crippen LogP contribution >= 0.6 is 0 Å². The van der Waals surface area contributed by atoms with Crippen LogP contribution in [-0.2, 0) is 0 Å². The first-order valence-corrected chi connectivity index (χ1v) is 6.03. The highest BCUT2D eigenvalue weighted by Crippen LogP contribution is 2.22. The number of hydrogen-bond donors (Lipinski definition) is 2. The van der Waals surface area contributed by atoms with Gasteiger partial charge in [0.05, 0.1) is 0 Å². The Kier molecular flexibility index (Phi) is 3.94. The Morgan fingerprint density at radius 3 is 2.53 bits per heavy atom.